The summed E-state index contributed by atoms with van der Waals surface area (Å²) in [5.41, 5.74) is 7.83. The molecule has 0 radical (unpaired) electrons. The molecule has 1 unspecified atom stereocenters. The predicted molar refractivity (Wildman–Crippen MR) is 115 cm³/mol. The standard InChI is InChI=1S/C21H25F2N3O.2ClH/c22-18-7-6-16(12-19(18)23)14-26-10-8-17(9-11-26)25-21(27)20(24)13-15-4-2-1-3-5-15;;/h1-7,12,17,20H,8-11,13-14,24H2,(H,25,27);2*1H. The number of carbonyl (C=O) groups is 1. The highest BCUT2D eigenvalue weighted by Crippen LogP contribution is 2.16. The molecule has 3 rings (SSSR count). The molecule has 2 aromatic carbocycles. The number of hydrogen-bond donors (Lipinski definition) is 2. The molecule has 1 aliphatic rings. The van der Waals surface area contributed by atoms with Crippen LogP contribution in [0.3, 0.4) is 0 Å². The van der Waals surface area contributed by atoms with Crippen molar-refractivity contribution in [1.29, 1.82) is 0 Å². The summed E-state index contributed by atoms with van der Waals surface area (Å²) in [4.78, 5) is 14.5. The fourth-order valence-electron chi connectivity index (χ4n) is 3.40. The van der Waals surface area contributed by atoms with Crippen molar-refractivity contribution in [1.82, 2.24) is 10.2 Å². The van der Waals surface area contributed by atoms with Gasteiger partial charge in [0.25, 0.3) is 0 Å². The molecule has 1 amide bonds. The molecule has 0 saturated carbocycles. The summed E-state index contributed by atoms with van der Waals surface area (Å²) < 4.78 is 26.3. The maximum absolute atomic E-state index is 13.3. The Bertz CT molecular complexity index is 772. The van der Waals surface area contributed by atoms with E-state index in [1.54, 1.807) is 6.07 Å². The molecule has 160 valence electrons. The van der Waals surface area contributed by atoms with Crippen molar-refractivity contribution >= 4 is 30.7 Å². The molecule has 0 spiro atoms. The van der Waals surface area contributed by atoms with Crippen molar-refractivity contribution in [2.24, 2.45) is 5.73 Å². The van der Waals surface area contributed by atoms with Crippen LogP contribution in [0.25, 0.3) is 0 Å². The van der Waals surface area contributed by atoms with Gasteiger partial charge in [0.15, 0.2) is 11.6 Å². The molecule has 1 atom stereocenters. The van der Waals surface area contributed by atoms with Gasteiger partial charge < -0.3 is 11.1 Å². The Morgan fingerprint density at radius 3 is 2.31 bits per heavy atom. The monoisotopic (exact) mass is 445 g/mol. The molecule has 4 nitrogen and oxygen atoms in total. The summed E-state index contributed by atoms with van der Waals surface area (Å²) in [7, 11) is 0. The lowest BCUT2D eigenvalue weighted by Crippen LogP contribution is -2.50. The number of nitrogens with one attached hydrogen (secondary N) is 1. The van der Waals surface area contributed by atoms with Crippen LogP contribution in [0.15, 0.2) is 48.5 Å². The third-order valence-electron chi connectivity index (χ3n) is 4.96. The molecule has 3 N–H and O–H groups in total. The number of piperidine rings is 1. The second-order valence-electron chi connectivity index (χ2n) is 7.10. The lowest BCUT2D eigenvalue weighted by atomic mass is 10.0. The zero-order chi connectivity index (χ0) is 19.2. The second-order valence-corrected chi connectivity index (χ2v) is 7.10. The molecular weight excluding hydrogens is 419 g/mol. The summed E-state index contributed by atoms with van der Waals surface area (Å²) in [6.07, 6.45) is 2.14. The van der Waals surface area contributed by atoms with E-state index in [1.165, 1.54) is 6.07 Å². The van der Waals surface area contributed by atoms with Crippen LogP contribution >= 0.6 is 24.8 Å². The van der Waals surface area contributed by atoms with Crippen molar-refractivity contribution in [2.75, 3.05) is 13.1 Å². The topological polar surface area (TPSA) is 58.4 Å². The van der Waals surface area contributed by atoms with Crippen molar-refractivity contribution in [3.8, 4) is 0 Å². The maximum Gasteiger partial charge on any atom is 0.237 e. The summed E-state index contributed by atoms with van der Waals surface area (Å²) in [5.74, 6) is -1.77. The van der Waals surface area contributed by atoms with Gasteiger partial charge in [-0.15, -0.1) is 24.8 Å². The number of benzene rings is 2. The number of nitrogens with zero attached hydrogens (tertiary/aromatic N) is 1. The van der Waals surface area contributed by atoms with Gasteiger partial charge in [-0.25, -0.2) is 8.78 Å². The maximum atomic E-state index is 13.3. The molecule has 1 fully saturated rings. The zero-order valence-corrected chi connectivity index (χ0v) is 17.7. The van der Waals surface area contributed by atoms with Gasteiger partial charge in [-0.05, 0) is 42.5 Å². The highest BCUT2D eigenvalue weighted by atomic mass is 35.5. The van der Waals surface area contributed by atoms with E-state index in [9.17, 15) is 13.6 Å². The molecule has 1 saturated heterocycles. The van der Waals surface area contributed by atoms with Crippen LogP contribution in [0.2, 0.25) is 0 Å². The molecular formula is C21H27Cl2F2N3O. The molecule has 0 bridgehead atoms. The Morgan fingerprint density at radius 1 is 1.03 bits per heavy atom. The lowest BCUT2D eigenvalue weighted by molar-refractivity contribution is -0.123. The average molecular weight is 446 g/mol. The van der Waals surface area contributed by atoms with E-state index in [2.05, 4.69) is 10.2 Å². The first kappa shape index (κ1) is 25.3. The van der Waals surface area contributed by atoms with Gasteiger partial charge in [0, 0.05) is 25.7 Å². The normalized spacial score (nSPS) is 15.7. The number of halogens is 4. The lowest BCUT2D eigenvalue weighted by Gasteiger charge is -2.32. The number of amides is 1. The van der Waals surface area contributed by atoms with E-state index >= 15 is 0 Å². The van der Waals surface area contributed by atoms with Crippen LogP contribution in [0.1, 0.15) is 24.0 Å². The van der Waals surface area contributed by atoms with E-state index in [1.807, 2.05) is 30.3 Å². The van der Waals surface area contributed by atoms with Gasteiger partial charge in [0.2, 0.25) is 5.91 Å². The minimum absolute atomic E-state index is 0. The third-order valence-corrected chi connectivity index (χ3v) is 4.96. The van der Waals surface area contributed by atoms with Crippen molar-refractivity contribution in [2.45, 2.75) is 37.9 Å². The summed E-state index contributed by atoms with van der Waals surface area (Å²) >= 11 is 0. The molecule has 0 aromatic heterocycles. The van der Waals surface area contributed by atoms with Gasteiger partial charge in [0.05, 0.1) is 6.04 Å². The van der Waals surface area contributed by atoms with E-state index in [0.29, 0.717) is 13.0 Å². The molecule has 0 aliphatic carbocycles. The number of hydrogen-bond acceptors (Lipinski definition) is 3. The fraction of sp³-hybridized carbons (Fsp3) is 0.381. The number of rotatable bonds is 6. The Kier molecular flexibility index (Phi) is 10.5. The van der Waals surface area contributed by atoms with E-state index in [4.69, 9.17) is 5.73 Å². The first-order valence-corrected chi connectivity index (χ1v) is 9.27. The fourth-order valence-corrected chi connectivity index (χ4v) is 3.40. The second kappa shape index (κ2) is 12.1. The first-order chi connectivity index (χ1) is 13.0. The zero-order valence-electron chi connectivity index (χ0n) is 16.0. The first-order valence-electron chi connectivity index (χ1n) is 9.27. The number of nitrogens with two attached hydrogens (primary N) is 1. The Hall–Kier alpha value is -1.73. The largest absolute Gasteiger partial charge is 0.352 e. The Morgan fingerprint density at radius 2 is 1.69 bits per heavy atom. The Balaban J connectivity index is 0.00000210. The molecule has 8 heteroatoms. The summed E-state index contributed by atoms with van der Waals surface area (Å²) in [5, 5.41) is 3.04. The van der Waals surface area contributed by atoms with Gasteiger partial charge in [-0.2, -0.15) is 0 Å². The van der Waals surface area contributed by atoms with Crippen LogP contribution in [-0.2, 0) is 17.8 Å². The molecule has 29 heavy (non-hydrogen) atoms. The highest BCUT2D eigenvalue weighted by molar-refractivity contribution is 5.85. The minimum atomic E-state index is -0.827. The Labute approximate surface area is 182 Å². The summed E-state index contributed by atoms with van der Waals surface area (Å²) in [6, 6.07) is 13.3. The van der Waals surface area contributed by atoms with Gasteiger partial charge in [-0.3, -0.25) is 9.69 Å². The van der Waals surface area contributed by atoms with E-state index in [0.717, 1.165) is 43.1 Å². The van der Waals surface area contributed by atoms with Crippen LogP contribution in [0.4, 0.5) is 8.78 Å². The van der Waals surface area contributed by atoms with E-state index < -0.39 is 17.7 Å². The van der Waals surface area contributed by atoms with Gasteiger partial charge >= 0.3 is 0 Å². The van der Waals surface area contributed by atoms with Crippen molar-refractivity contribution in [3.63, 3.8) is 0 Å². The minimum Gasteiger partial charge on any atom is -0.352 e. The van der Waals surface area contributed by atoms with Crippen LogP contribution < -0.4 is 11.1 Å². The SMILES string of the molecule is Cl.Cl.NC(Cc1ccccc1)C(=O)NC1CCN(Cc2ccc(F)c(F)c2)CC1. The van der Waals surface area contributed by atoms with Gasteiger partial charge in [0.1, 0.15) is 0 Å². The highest BCUT2D eigenvalue weighted by Gasteiger charge is 2.23. The molecule has 2 aromatic rings. The molecule has 1 heterocycles. The van der Waals surface area contributed by atoms with E-state index in [-0.39, 0.29) is 36.8 Å². The predicted octanol–water partition coefficient (Wildman–Crippen LogP) is 3.46. The average Bonchev–Trinajstić information content (AvgIpc) is 2.67. The quantitative estimate of drug-likeness (QED) is 0.715. The van der Waals surface area contributed by atoms with Crippen molar-refractivity contribution in [3.05, 3.63) is 71.3 Å². The van der Waals surface area contributed by atoms with Gasteiger partial charge in [-0.1, -0.05) is 36.4 Å². The third kappa shape index (κ3) is 7.55. The summed E-state index contributed by atoms with van der Waals surface area (Å²) in [6.45, 7) is 2.15. The van der Waals surface area contributed by atoms with Crippen LogP contribution in [-0.4, -0.2) is 36.0 Å². The van der Waals surface area contributed by atoms with Crippen molar-refractivity contribution < 1.29 is 13.6 Å². The smallest absolute Gasteiger partial charge is 0.237 e. The number of carbonyl (C=O) groups excluding carboxylic acids is 1. The number of likely N-dealkylation sites (tertiary alicyclic amines) is 1. The molecule has 1 aliphatic heterocycles. The van der Waals surface area contributed by atoms with Crippen LogP contribution in [0.5, 0.6) is 0 Å². The van der Waals surface area contributed by atoms with Crippen LogP contribution in [0, 0.1) is 11.6 Å².